The van der Waals surface area contributed by atoms with E-state index in [0.29, 0.717) is 128 Å². The van der Waals surface area contributed by atoms with Crippen molar-refractivity contribution in [1.29, 1.82) is 0 Å². The number of ether oxygens (including phenoxy) is 11. The summed E-state index contributed by atoms with van der Waals surface area (Å²) in [6.07, 6.45) is 16.7. The summed E-state index contributed by atoms with van der Waals surface area (Å²) in [4.78, 5) is 70.9. The van der Waals surface area contributed by atoms with Crippen molar-refractivity contribution < 1.29 is 76.1 Å². The molecular formula is C73H82N2O16. The molecule has 2 saturated carbocycles. The van der Waals surface area contributed by atoms with Crippen molar-refractivity contribution in [3.05, 3.63) is 141 Å². The van der Waals surface area contributed by atoms with Gasteiger partial charge in [0.15, 0.2) is 0 Å². The zero-order valence-electron chi connectivity index (χ0n) is 51.8. The zero-order valence-corrected chi connectivity index (χ0v) is 51.8. The highest BCUT2D eigenvalue weighted by atomic mass is 16.6. The normalized spacial score (nSPS) is 16.3. The topological polar surface area (TPSA) is 213 Å². The van der Waals surface area contributed by atoms with Crippen LogP contribution in [0.1, 0.15) is 103 Å². The molecule has 18 nitrogen and oxygen atoms in total. The van der Waals surface area contributed by atoms with Crippen molar-refractivity contribution in [2.75, 3.05) is 66.1 Å². The molecule has 0 bridgehead atoms. The van der Waals surface area contributed by atoms with Crippen molar-refractivity contribution in [2.24, 2.45) is 23.7 Å². The van der Waals surface area contributed by atoms with Crippen molar-refractivity contribution >= 4 is 73.5 Å². The number of unbranched alkanes of at least 4 members (excludes halogenated alkanes) is 6. The summed E-state index contributed by atoms with van der Waals surface area (Å²) in [5, 5.41) is 3.74. The van der Waals surface area contributed by atoms with Gasteiger partial charge >= 0.3 is 29.8 Å². The van der Waals surface area contributed by atoms with E-state index in [0.717, 1.165) is 105 Å². The van der Waals surface area contributed by atoms with Crippen LogP contribution in [-0.2, 0) is 42.9 Å². The van der Waals surface area contributed by atoms with Crippen LogP contribution in [0.4, 0.5) is 0 Å². The van der Waals surface area contributed by atoms with Gasteiger partial charge in [0.25, 0.3) is 0 Å². The van der Waals surface area contributed by atoms with Gasteiger partial charge in [-0.05, 0) is 222 Å². The standard InChI is InChI=1S/C73H82N2O16/c1-4-67(76)85-39-13-9-7-11-37-82-54-23-27-56(28-24-54)90-72(79)52-19-15-50(16-20-52)48-88-58-31-34-61-62-35-32-59(46-64(62)71-70(63(61)45-58)74-65-36-33-60(47-66(65)75-71)84-43-41-81-42-44-87-69(78)6-3)89-49-51-17-21-53(22-18-51)73(80)91-57-29-25-55(26-30-57)83-38-12-8-10-14-40-86-68(77)5-2/h4-6,23-36,45-47,50-53H,1-3,7-22,37-44,48-49H2. The molecule has 1 heterocycles. The Kier molecular flexibility index (Phi) is 25.4. The molecule has 18 heteroatoms. The lowest BCUT2D eigenvalue weighted by atomic mass is 9.82. The lowest BCUT2D eigenvalue weighted by molar-refractivity contribution is -0.141. The summed E-state index contributed by atoms with van der Waals surface area (Å²) in [5.41, 5.74) is 2.75. The highest BCUT2D eigenvalue weighted by Gasteiger charge is 2.30. The number of rotatable bonds is 36. The molecule has 2 aliphatic carbocycles. The molecule has 7 aromatic rings. The number of benzene rings is 6. The molecule has 2 aliphatic rings. The van der Waals surface area contributed by atoms with Gasteiger partial charge < -0.3 is 52.1 Å². The van der Waals surface area contributed by atoms with Crippen LogP contribution < -0.4 is 33.2 Å². The Labute approximate surface area is 531 Å². The van der Waals surface area contributed by atoms with Crippen LogP contribution >= 0.6 is 0 Å². The summed E-state index contributed by atoms with van der Waals surface area (Å²) < 4.78 is 63.2. The first-order valence-electron chi connectivity index (χ1n) is 31.9. The second kappa shape index (κ2) is 34.8. The molecule has 480 valence electrons. The number of fused-ring (bicyclic) bond motifs is 7. The van der Waals surface area contributed by atoms with Crippen molar-refractivity contribution in [3.63, 3.8) is 0 Å². The van der Waals surface area contributed by atoms with Crippen LogP contribution in [0.15, 0.2) is 141 Å². The van der Waals surface area contributed by atoms with Gasteiger partial charge in [-0.15, -0.1) is 0 Å². The highest BCUT2D eigenvalue weighted by molar-refractivity contribution is 6.24. The van der Waals surface area contributed by atoms with Gasteiger partial charge in [0.05, 0.1) is 86.8 Å². The Morgan fingerprint density at radius 1 is 0.363 bits per heavy atom. The predicted molar refractivity (Wildman–Crippen MR) is 346 cm³/mol. The van der Waals surface area contributed by atoms with Crippen LogP contribution in [0.2, 0.25) is 0 Å². The number of carbonyl (C=O) groups is 5. The minimum atomic E-state index is -0.502. The van der Waals surface area contributed by atoms with E-state index < -0.39 is 17.9 Å². The highest BCUT2D eigenvalue weighted by Crippen LogP contribution is 2.40. The molecule has 0 saturated heterocycles. The molecule has 1 aromatic heterocycles. The third-order valence-corrected chi connectivity index (χ3v) is 16.4. The van der Waals surface area contributed by atoms with Crippen LogP contribution in [0.3, 0.4) is 0 Å². The van der Waals surface area contributed by atoms with Gasteiger partial charge in [-0.3, -0.25) is 9.59 Å². The Balaban J connectivity index is 0.784. The van der Waals surface area contributed by atoms with Crippen LogP contribution in [0.5, 0.6) is 40.2 Å². The molecule has 0 amide bonds. The predicted octanol–water partition coefficient (Wildman–Crippen LogP) is 14.1. The average Bonchev–Trinajstić information content (AvgIpc) is 0.852. The molecule has 0 unspecified atom stereocenters. The molecular weight excluding hydrogens is 1160 g/mol. The fraction of sp³-hybridized carbons (Fsp3) is 0.411. The van der Waals surface area contributed by atoms with Gasteiger partial charge in [-0.2, -0.15) is 0 Å². The van der Waals surface area contributed by atoms with Gasteiger partial charge in [-0.25, -0.2) is 24.4 Å². The van der Waals surface area contributed by atoms with Gasteiger partial charge in [-0.1, -0.05) is 19.7 Å². The number of aromatic nitrogens is 2. The molecule has 9 rings (SSSR count). The number of carbonyl (C=O) groups excluding carboxylic acids is 5. The van der Waals surface area contributed by atoms with E-state index in [4.69, 9.17) is 62.1 Å². The molecule has 91 heavy (non-hydrogen) atoms. The largest absolute Gasteiger partial charge is 0.494 e. The summed E-state index contributed by atoms with van der Waals surface area (Å²) in [6, 6.07) is 32.2. The molecule has 6 aromatic carbocycles. The second-order valence-electron chi connectivity index (χ2n) is 22.9. The zero-order chi connectivity index (χ0) is 63.6. The van der Waals surface area contributed by atoms with Crippen LogP contribution in [0, 0.1) is 23.7 Å². The smallest absolute Gasteiger partial charge is 0.330 e. The van der Waals surface area contributed by atoms with E-state index in [-0.39, 0.29) is 62.0 Å². The van der Waals surface area contributed by atoms with Crippen LogP contribution in [0.25, 0.3) is 43.6 Å². The van der Waals surface area contributed by atoms with E-state index in [1.54, 1.807) is 24.3 Å². The monoisotopic (exact) mass is 1240 g/mol. The average molecular weight is 1240 g/mol. The fourth-order valence-electron chi connectivity index (χ4n) is 11.3. The van der Waals surface area contributed by atoms with E-state index in [1.165, 1.54) is 12.2 Å². The first-order chi connectivity index (χ1) is 44.5. The Bertz CT molecular complexity index is 3590. The maximum absolute atomic E-state index is 13.3. The summed E-state index contributed by atoms with van der Waals surface area (Å²) >= 11 is 0. The fourth-order valence-corrected chi connectivity index (χ4v) is 11.3. The van der Waals surface area contributed by atoms with Gasteiger partial charge in [0, 0.05) is 35.1 Å². The maximum atomic E-state index is 13.3. The Morgan fingerprint density at radius 3 is 1.20 bits per heavy atom. The third-order valence-electron chi connectivity index (χ3n) is 16.4. The molecule has 0 radical (unpaired) electrons. The minimum absolute atomic E-state index is 0.117. The minimum Gasteiger partial charge on any atom is -0.494 e. The summed E-state index contributed by atoms with van der Waals surface area (Å²) in [6.45, 7) is 14.0. The second-order valence-corrected chi connectivity index (χ2v) is 22.9. The molecule has 2 fully saturated rings. The first kappa shape index (κ1) is 66.4. The van der Waals surface area contributed by atoms with Crippen LogP contribution in [-0.4, -0.2) is 106 Å². The van der Waals surface area contributed by atoms with Gasteiger partial charge in [0.1, 0.15) is 53.5 Å². The number of esters is 5. The molecule has 0 spiro atoms. The lowest BCUT2D eigenvalue weighted by Gasteiger charge is -2.27. The quantitative estimate of drug-likeness (QED) is 0.00679. The first-order valence-corrected chi connectivity index (χ1v) is 31.9. The van der Waals surface area contributed by atoms with E-state index in [2.05, 4.69) is 31.9 Å². The number of hydrogen-bond acceptors (Lipinski definition) is 18. The summed E-state index contributed by atoms with van der Waals surface area (Å²) in [5.74, 6) is 2.77. The summed E-state index contributed by atoms with van der Waals surface area (Å²) in [7, 11) is 0. The lowest BCUT2D eigenvalue weighted by Crippen LogP contribution is -2.27. The molecule has 0 N–H and O–H groups in total. The molecule has 0 aliphatic heterocycles. The van der Waals surface area contributed by atoms with E-state index >= 15 is 0 Å². The third kappa shape index (κ3) is 20.2. The maximum Gasteiger partial charge on any atom is 0.330 e. The Morgan fingerprint density at radius 2 is 0.736 bits per heavy atom. The van der Waals surface area contributed by atoms with Gasteiger partial charge in [0.2, 0.25) is 0 Å². The van der Waals surface area contributed by atoms with E-state index in [9.17, 15) is 24.0 Å². The number of hydrogen-bond donors (Lipinski definition) is 0. The number of nitrogens with zero attached hydrogens (tertiary/aromatic N) is 2. The van der Waals surface area contributed by atoms with Crippen molar-refractivity contribution in [2.45, 2.75) is 103 Å². The van der Waals surface area contributed by atoms with E-state index in [1.807, 2.05) is 66.7 Å². The molecule has 0 atom stereocenters. The SMILES string of the molecule is C=CC(=O)OCCCCCCOc1ccc(OC(=O)C2CCC(COc3ccc4c5ccc(OCC6CCC(C(=O)Oc7ccc(OCCCCCCOC(=O)C=C)cc7)CC6)cc5c5nc6cc(OCCOCCOC(=O)C=C)ccc6nc5c4c3)CC2)cc1. The Hall–Kier alpha value is -9.03. The van der Waals surface area contributed by atoms with Crippen molar-refractivity contribution in [1.82, 2.24) is 9.97 Å². The van der Waals surface area contributed by atoms with Crippen molar-refractivity contribution in [3.8, 4) is 40.2 Å².